The summed E-state index contributed by atoms with van der Waals surface area (Å²) in [5.41, 5.74) is 0.543. The Kier molecular flexibility index (Phi) is 5.94. The number of thioether (sulfide) groups is 1. The van der Waals surface area contributed by atoms with E-state index in [0.717, 1.165) is 18.1 Å². The first-order valence-corrected chi connectivity index (χ1v) is 9.77. The fraction of sp³-hybridized carbons (Fsp3) is 0.188. The number of carbonyl (C=O) groups excluding carboxylic acids is 1. The van der Waals surface area contributed by atoms with Crippen molar-refractivity contribution in [2.75, 3.05) is 5.75 Å². The Morgan fingerprint density at radius 2 is 2.12 bits per heavy atom. The number of benzene rings is 1. The molecule has 8 heteroatoms. The summed E-state index contributed by atoms with van der Waals surface area (Å²) in [6.45, 7) is 0.789. The molecule has 3 aromatic rings. The van der Waals surface area contributed by atoms with Crippen molar-refractivity contribution in [3.8, 4) is 0 Å². The van der Waals surface area contributed by atoms with Gasteiger partial charge in [0, 0.05) is 17.0 Å². The van der Waals surface area contributed by atoms with Crippen LogP contribution in [-0.4, -0.2) is 26.3 Å². The Morgan fingerprint density at radius 1 is 1.25 bits per heavy atom. The van der Waals surface area contributed by atoms with Gasteiger partial charge in [-0.1, -0.05) is 41.0 Å². The van der Waals surface area contributed by atoms with Gasteiger partial charge in [0.05, 0.1) is 15.8 Å². The Labute approximate surface area is 157 Å². The average molecular weight is 398 g/mol. The molecule has 1 aromatic carbocycles. The molecule has 0 aliphatic heterocycles. The highest BCUT2D eigenvalue weighted by Gasteiger charge is 2.12. The highest BCUT2D eigenvalue weighted by atomic mass is 35.5. The second-order valence-corrected chi connectivity index (χ2v) is 7.77. The van der Waals surface area contributed by atoms with Crippen LogP contribution < -0.4 is 0 Å². The Hall–Kier alpha value is -1.34. The smallest absolute Gasteiger partial charge is 0.191 e. The number of ketones is 1. The fourth-order valence-corrected chi connectivity index (χ4v) is 3.91. The predicted molar refractivity (Wildman–Crippen MR) is 99.6 cm³/mol. The van der Waals surface area contributed by atoms with E-state index in [-0.39, 0.29) is 11.5 Å². The molecule has 4 nitrogen and oxygen atoms in total. The lowest BCUT2D eigenvalue weighted by Gasteiger charge is -2.06. The maximum absolute atomic E-state index is 12.3. The number of hydrogen-bond acceptors (Lipinski definition) is 5. The van der Waals surface area contributed by atoms with Crippen LogP contribution in [0.25, 0.3) is 0 Å². The molecule has 3 rings (SSSR count). The molecule has 0 amide bonds. The summed E-state index contributed by atoms with van der Waals surface area (Å²) in [4.78, 5) is 13.6. The molecule has 0 aliphatic rings. The number of nitrogens with zero attached hydrogens (tertiary/aromatic N) is 3. The summed E-state index contributed by atoms with van der Waals surface area (Å²) in [7, 11) is 0. The molecular weight excluding hydrogens is 385 g/mol. The zero-order valence-corrected chi connectivity index (χ0v) is 15.6. The van der Waals surface area contributed by atoms with E-state index in [2.05, 4.69) is 21.6 Å². The van der Waals surface area contributed by atoms with Crippen molar-refractivity contribution in [1.82, 2.24) is 14.8 Å². The van der Waals surface area contributed by atoms with E-state index in [4.69, 9.17) is 23.2 Å². The van der Waals surface area contributed by atoms with E-state index >= 15 is 0 Å². The molecule has 124 valence electrons. The number of Topliss-reactive ketones (excluding diaryl/α,β-unsaturated/α-hetero) is 1. The Bertz CT molecular complexity index is 834. The first-order valence-electron chi connectivity index (χ1n) is 7.15. The summed E-state index contributed by atoms with van der Waals surface area (Å²) in [5, 5.41) is 11.7. The number of carbonyl (C=O) groups is 1. The number of rotatable bonds is 7. The van der Waals surface area contributed by atoms with Gasteiger partial charge in [0.1, 0.15) is 6.33 Å². The van der Waals surface area contributed by atoms with Gasteiger partial charge in [0.25, 0.3) is 0 Å². The van der Waals surface area contributed by atoms with Crippen LogP contribution in [0.3, 0.4) is 0 Å². The summed E-state index contributed by atoms with van der Waals surface area (Å²) >= 11 is 14.9. The number of hydrogen-bond donors (Lipinski definition) is 0. The quantitative estimate of drug-likeness (QED) is 0.421. The highest BCUT2D eigenvalue weighted by Crippen LogP contribution is 2.24. The second-order valence-electron chi connectivity index (χ2n) is 4.98. The van der Waals surface area contributed by atoms with Gasteiger partial charge in [-0.05, 0) is 36.1 Å². The largest absolute Gasteiger partial charge is 0.308 e. The Balaban J connectivity index is 1.59. The lowest BCUT2D eigenvalue weighted by atomic mass is 10.1. The molecular formula is C16H13Cl2N3OS2. The van der Waals surface area contributed by atoms with Gasteiger partial charge in [0.2, 0.25) is 0 Å². The fourth-order valence-electron chi connectivity index (χ4n) is 2.08. The highest BCUT2D eigenvalue weighted by molar-refractivity contribution is 7.99. The summed E-state index contributed by atoms with van der Waals surface area (Å²) in [6.07, 6.45) is 2.61. The van der Waals surface area contributed by atoms with Gasteiger partial charge < -0.3 is 4.57 Å². The molecule has 0 atom stereocenters. The van der Waals surface area contributed by atoms with Crippen LogP contribution in [0.2, 0.25) is 10.0 Å². The van der Waals surface area contributed by atoms with Gasteiger partial charge >= 0.3 is 0 Å². The van der Waals surface area contributed by atoms with E-state index in [0.29, 0.717) is 15.6 Å². The van der Waals surface area contributed by atoms with E-state index in [1.54, 1.807) is 35.9 Å². The summed E-state index contributed by atoms with van der Waals surface area (Å²) < 4.78 is 1.96. The van der Waals surface area contributed by atoms with Gasteiger partial charge in [-0.2, -0.15) is 0 Å². The molecule has 0 saturated heterocycles. The maximum Gasteiger partial charge on any atom is 0.191 e. The van der Waals surface area contributed by atoms with Crippen molar-refractivity contribution >= 4 is 52.1 Å². The minimum atomic E-state index is -0.0219. The van der Waals surface area contributed by atoms with Crippen LogP contribution in [0, 0.1) is 0 Å². The number of aromatic nitrogens is 3. The molecule has 0 radical (unpaired) electrons. The number of thiophene rings is 1. The first-order chi connectivity index (χ1) is 11.6. The number of aryl methyl sites for hydroxylation is 2. The van der Waals surface area contributed by atoms with Gasteiger partial charge in [-0.3, -0.25) is 4.79 Å². The van der Waals surface area contributed by atoms with Crippen molar-refractivity contribution in [2.45, 2.75) is 18.1 Å². The van der Waals surface area contributed by atoms with E-state index < -0.39 is 0 Å². The topological polar surface area (TPSA) is 47.8 Å². The first kappa shape index (κ1) is 17.5. The normalized spacial score (nSPS) is 10.9. The van der Waals surface area contributed by atoms with Crippen LogP contribution in [0.4, 0.5) is 0 Å². The number of halogens is 2. The van der Waals surface area contributed by atoms with Gasteiger partial charge in [-0.15, -0.1) is 21.5 Å². The molecule has 0 aliphatic carbocycles. The van der Waals surface area contributed by atoms with Gasteiger partial charge in [0.15, 0.2) is 10.9 Å². The predicted octanol–water partition coefficient (Wildman–Crippen LogP) is 4.86. The molecule has 2 aromatic heterocycles. The van der Waals surface area contributed by atoms with Crippen LogP contribution >= 0.6 is 46.3 Å². The third kappa shape index (κ3) is 4.39. The maximum atomic E-state index is 12.3. The summed E-state index contributed by atoms with van der Waals surface area (Å²) in [5.74, 6) is 0.252. The second kappa shape index (κ2) is 8.16. The molecule has 0 spiro atoms. The van der Waals surface area contributed by atoms with Crippen molar-refractivity contribution in [2.24, 2.45) is 0 Å². The summed E-state index contributed by atoms with van der Waals surface area (Å²) in [6, 6.07) is 9.05. The minimum Gasteiger partial charge on any atom is -0.308 e. The lowest BCUT2D eigenvalue weighted by molar-refractivity contribution is 0.102. The molecule has 0 bridgehead atoms. The van der Waals surface area contributed by atoms with Crippen LogP contribution in [0.1, 0.15) is 15.2 Å². The van der Waals surface area contributed by atoms with Crippen molar-refractivity contribution in [3.05, 3.63) is 62.5 Å². The molecule has 0 unspecified atom stereocenters. The monoisotopic (exact) mass is 397 g/mol. The van der Waals surface area contributed by atoms with Crippen LogP contribution in [-0.2, 0) is 13.0 Å². The molecule has 0 saturated carbocycles. The zero-order valence-electron chi connectivity index (χ0n) is 12.5. The third-order valence-corrected chi connectivity index (χ3v) is 5.99. The zero-order chi connectivity index (χ0) is 16.9. The molecule has 0 fully saturated rings. The van der Waals surface area contributed by atoms with Crippen LogP contribution in [0.15, 0.2) is 47.2 Å². The third-order valence-electron chi connectivity index (χ3n) is 3.33. The van der Waals surface area contributed by atoms with E-state index in [1.807, 2.05) is 10.6 Å². The van der Waals surface area contributed by atoms with Crippen molar-refractivity contribution in [1.29, 1.82) is 0 Å². The molecule has 2 heterocycles. The standard InChI is InChI=1S/C16H13Cl2N3OS2/c17-13-4-3-11(8-14(13)18)15(22)9-24-16-20-19-10-21(16)6-5-12-2-1-7-23-12/h1-4,7-8,10H,5-6,9H2. The minimum absolute atomic E-state index is 0.0219. The lowest BCUT2D eigenvalue weighted by Crippen LogP contribution is -2.05. The SMILES string of the molecule is O=C(CSc1nncn1CCc1cccs1)c1ccc(Cl)c(Cl)c1. The van der Waals surface area contributed by atoms with Gasteiger partial charge in [-0.25, -0.2) is 0 Å². The van der Waals surface area contributed by atoms with E-state index in [9.17, 15) is 4.79 Å². The van der Waals surface area contributed by atoms with Crippen molar-refractivity contribution in [3.63, 3.8) is 0 Å². The van der Waals surface area contributed by atoms with Crippen molar-refractivity contribution < 1.29 is 4.79 Å². The Morgan fingerprint density at radius 3 is 2.88 bits per heavy atom. The molecule has 24 heavy (non-hydrogen) atoms. The van der Waals surface area contributed by atoms with Crippen LogP contribution in [0.5, 0.6) is 0 Å². The van der Waals surface area contributed by atoms with E-state index in [1.165, 1.54) is 16.6 Å². The average Bonchev–Trinajstić information content (AvgIpc) is 3.24. The molecule has 0 N–H and O–H groups in total.